The summed E-state index contributed by atoms with van der Waals surface area (Å²) in [6.45, 7) is 4.60. The first-order valence-corrected chi connectivity index (χ1v) is 6.89. The molecular weight excluding hydrogens is 266 g/mol. The van der Waals surface area contributed by atoms with Crippen molar-refractivity contribution in [2.24, 2.45) is 11.7 Å². The number of likely N-dealkylation sites (tertiary alicyclic amines) is 2. The Bertz CT molecular complexity index is 328. The summed E-state index contributed by atoms with van der Waals surface area (Å²) < 4.78 is 0. The first-order valence-electron chi connectivity index (χ1n) is 6.89. The Labute approximate surface area is 120 Å². The number of hydrogen-bond acceptors (Lipinski definition) is 3. The number of amides is 2. The highest BCUT2D eigenvalue weighted by Crippen LogP contribution is 2.20. The quantitative estimate of drug-likeness (QED) is 0.828. The minimum Gasteiger partial charge on any atom is -0.341 e. The fourth-order valence-electron chi connectivity index (χ4n) is 2.81. The van der Waals surface area contributed by atoms with Crippen molar-refractivity contribution < 1.29 is 9.59 Å². The Kier molecular flexibility index (Phi) is 6.07. The van der Waals surface area contributed by atoms with Gasteiger partial charge in [-0.25, -0.2) is 0 Å². The Morgan fingerprint density at radius 2 is 2.00 bits per heavy atom. The molecule has 2 fully saturated rings. The molecule has 110 valence electrons. The molecule has 0 aromatic heterocycles. The van der Waals surface area contributed by atoms with E-state index in [1.54, 1.807) is 4.90 Å². The van der Waals surface area contributed by atoms with Gasteiger partial charge in [0.15, 0.2) is 0 Å². The van der Waals surface area contributed by atoms with Crippen molar-refractivity contribution in [3.8, 4) is 0 Å². The van der Waals surface area contributed by atoms with Crippen molar-refractivity contribution in [3.63, 3.8) is 0 Å². The Morgan fingerprint density at radius 3 is 2.47 bits per heavy atom. The van der Waals surface area contributed by atoms with Crippen molar-refractivity contribution in [1.82, 2.24) is 9.80 Å². The van der Waals surface area contributed by atoms with Gasteiger partial charge in [-0.05, 0) is 32.1 Å². The zero-order valence-electron chi connectivity index (χ0n) is 11.5. The fourth-order valence-corrected chi connectivity index (χ4v) is 2.81. The first-order chi connectivity index (χ1) is 8.58. The van der Waals surface area contributed by atoms with Gasteiger partial charge >= 0.3 is 0 Å². The predicted octanol–water partition coefficient (Wildman–Crippen LogP) is 0.616. The minimum atomic E-state index is 0. The number of carbonyl (C=O) groups excluding carboxylic acids is 2. The van der Waals surface area contributed by atoms with Crippen LogP contribution in [0.5, 0.6) is 0 Å². The van der Waals surface area contributed by atoms with E-state index in [1.807, 2.05) is 11.8 Å². The van der Waals surface area contributed by atoms with E-state index in [2.05, 4.69) is 0 Å². The molecule has 6 heteroatoms. The lowest BCUT2D eigenvalue weighted by Gasteiger charge is -2.34. The van der Waals surface area contributed by atoms with Crippen LogP contribution < -0.4 is 5.73 Å². The second-order valence-corrected chi connectivity index (χ2v) is 5.50. The maximum Gasteiger partial charge on any atom is 0.242 e. The molecule has 0 aliphatic carbocycles. The zero-order chi connectivity index (χ0) is 13.1. The summed E-state index contributed by atoms with van der Waals surface area (Å²) in [4.78, 5) is 27.1. The van der Waals surface area contributed by atoms with Crippen LogP contribution in [0.25, 0.3) is 0 Å². The van der Waals surface area contributed by atoms with Crippen molar-refractivity contribution >= 4 is 24.2 Å². The van der Waals surface area contributed by atoms with Gasteiger partial charge in [-0.1, -0.05) is 0 Å². The molecule has 2 saturated heterocycles. The molecule has 2 aliphatic heterocycles. The van der Waals surface area contributed by atoms with E-state index in [1.165, 1.54) is 0 Å². The van der Waals surface area contributed by atoms with Gasteiger partial charge in [0.1, 0.15) is 0 Å². The summed E-state index contributed by atoms with van der Waals surface area (Å²) >= 11 is 0. The van der Waals surface area contributed by atoms with E-state index in [4.69, 9.17) is 5.73 Å². The fraction of sp³-hybridized carbons (Fsp3) is 0.846. The van der Waals surface area contributed by atoms with E-state index in [-0.39, 0.29) is 36.8 Å². The lowest BCUT2D eigenvalue weighted by Crippen LogP contribution is -2.46. The van der Waals surface area contributed by atoms with Gasteiger partial charge in [-0.2, -0.15) is 0 Å². The number of piperidine rings is 1. The molecule has 0 saturated carbocycles. The smallest absolute Gasteiger partial charge is 0.242 e. The monoisotopic (exact) mass is 289 g/mol. The third kappa shape index (κ3) is 4.08. The minimum absolute atomic E-state index is 0. The van der Waals surface area contributed by atoms with Crippen molar-refractivity contribution in [3.05, 3.63) is 0 Å². The maximum absolute atomic E-state index is 12.1. The number of rotatable bonds is 3. The molecule has 5 nitrogen and oxygen atoms in total. The van der Waals surface area contributed by atoms with E-state index in [0.29, 0.717) is 12.3 Å². The van der Waals surface area contributed by atoms with Gasteiger partial charge in [0.05, 0.1) is 6.54 Å². The third-order valence-electron chi connectivity index (χ3n) is 4.13. The van der Waals surface area contributed by atoms with Crippen LogP contribution in [0.1, 0.15) is 32.6 Å². The largest absolute Gasteiger partial charge is 0.341 e. The number of nitrogens with two attached hydrogens (primary N) is 1. The first kappa shape index (κ1) is 16.2. The summed E-state index contributed by atoms with van der Waals surface area (Å²) in [6, 6.07) is 0.211. The summed E-state index contributed by atoms with van der Waals surface area (Å²) in [5.74, 6) is 0.740. The standard InChI is InChI=1S/C13H23N3O2.ClH/c1-10(14)11-4-7-15(8-5-11)13(18)9-16-6-2-3-12(16)17;/h10-11H,2-9,14H2,1H3;1H. The summed E-state index contributed by atoms with van der Waals surface area (Å²) in [5.41, 5.74) is 5.88. The average molecular weight is 290 g/mol. The molecule has 0 radical (unpaired) electrons. The molecule has 19 heavy (non-hydrogen) atoms. The summed E-state index contributed by atoms with van der Waals surface area (Å²) in [5, 5.41) is 0. The van der Waals surface area contributed by atoms with Crippen molar-refractivity contribution in [1.29, 1.82) is 0 Å². The summed E-state index contributed by atoms with van der Waals surface area (Å²) in [7, 11) is 0. The maximum atomic E-state index is 12.1. The third-order valence-corrected chi connectivity index (χ3v) is 4.13. The number of nitrogens with zero attached hydrogens (tertiary/aromatic N) is 2. The summed E-state index contributed by atoms with van der Waals surface area (Å²) in [6.07, 6.45) is 3.45. The molecule has 2 N–H and O–H groups in total. The topological polar surface area (TPSA) is 66.6 Å². The Hall–Kier alpha value is -0.810. The van der Waals surface area contributed by atoms with Crippen LogP contribution in [0.4, 0.5) is 0 Å². The lowest BCUT2D eigenvalue weighted by molar-refractivity contribution is -0.139. The highest BCUT2D eigenvalue weighted by molar-refractivity contribution is 5.86. The molecule has 0 spiro atoms. The molecule has 0 bridgehead atoms. The highest BCUT2D eigenvalue weighted by atomic mass is 35.5. The van der Waals surface area contributed by atoms with Gasteiger partial charge in [0.25, 0.3) is 0 Å². The van der Waals surface area contributed by atoms with Crippen LogP contribution in [-0.2, 0) is 9.59 Å². The lowest BCUT2D eigenvalue weighted by atomic mass is 9.91. The van der Waals surface area contributed by atoms with Gasteiger partial charge in [-0.3, -0.25) is 9.59 Å². The molecule has 2 amide bonds. The van der Waals surface area contributed by atoms with E-state index >= 15 is 0 Å². The molecule has 0 aromatic carbocycles. The second kappa shape index (κ2) is 7.10. The molecule has 2 heterocycles. The SMILES string of the molecule is CC(N)C1CCN(C(=O)CN2CCCC2=O)CC1.Cl. The Balaban J connectivity index is 0.00000180. The molecule has 0 aromatic rings. The van der Waals surface area contributed by atoms with E-state index in [0.717, 1.165) is 38.9 Å². The average Bonchev–Trinajstić information content (AvgIpc) is 2.75. The molecular formula is C13H24ClN3O2. The highest BCUT2D eigenvalue weighted by Gasteiger charge is 2.28. The normalized spacial score (nSPS) is 22.3. The van der Waals surface area contributed by atoms with E-state index < -0.39 is 0 Å². The van der Waals surface area contributed by atoms with E-state index in [9.17, 15) is 9.59 Å². The van der Waals surface area contributed by atoms with Crippen LogP contribution in [0, 0.1) is 5.92 Å². The van der Waals surface area contributed by atoms with Crippen LogP contribution in [0.3, 0.4) is 0 Å². The van der Waals surface area contributed by atoms with Gasteiger partial charge in [0, 0.05) is 32.1 Å². The van der Waals surface area contributed by atoms with Crippen LogP contribution in [0.15, 0.2) is 0 Å². The van der Waals surface area contributed by atoms with Crippen LogP contribution in [-0.4, -0.2) is 53.8 Å². The number of carbonyl (C=O) groups is 2. The molecule has 1 unspecified atom stereocenters. The van der Waals surface area contributed by atoms with Crippen molar-refractivity contribution in [2.45, 2.75) is 38.6 Å². The number of halogens is 1. The van der Waals surface area contributed by atoms with Gasteiger partial charge in [-0.15, -0.1) is 12.4 Å². The predicted molar refractivity (Wildman–Crippen MR) is 76.0 cm³/mol. The van der Waals surface area contributed by atoms with Crippen molar-refractivity contribution in [2.75, 3.05) is 26.2 Å². The molecule has 2 rings (SSSR count). The number of hydrogen-bond donors (Lipinski definition) is 1. The zero-order valence-corrected chi connectivity index (χ0v) is 12.3. The van der Waals surface area contributed by atoms with Gasteiger partial charge < -0.3 is 15.5 Å². The van der Waals surface area contributed by atoms with Gasteiger partial charge in [0.2, 0.25) is 11.8 Å². The Morgan fingerprint density at radius 1 is 1.37 bits per heavy atom. The molecule has 1 atom stereocenters. The molecule has 2 aliphatic rings. The second-order valence-electron chi connectivity index (χ2n) is 5.50. The van der Waals surface area contributed by atoms with Crippen LogP contribution in [0.2, 0.25) is 0 Å². The van der Waals surface area contributed by atoms with Crippen LogP contribution >= 0.6 is 12.4 Å².